The standard InChI is InChI=1S/C9H10N4O5S/c1-4-8(5(2)18-12-4)19(16,17)13-7-3-6(9(14)15)10-11-7/h3H,1-2H3,(H,14,15)(H2,10,11,13). The van der Waals surface area contributed by atoms with Crippen molar-refractivity contribution in [2.75, 3.05) is 4.72 Å². The number of carboxylic acid groups (broad SMARTS) is 1. The van der Waals surface area contributed by atoms with Crippen LogP contribution in [-0.4, -0.2) is 34.8 Å². The Morgan fingerprint density at radius 3 is 2.63 bits per heavy atom. The molecule has 0 saturated heterocycles. The Bertz CT molecular complexity index is 710. The SMILES string of the molecule is Cc1noc(C)c1S(=O)(=O)Nc1cc(C(=O)O)[nH]n1. The van der Waals surface area contributed by atoms with Gasteiger partial charge in [-0.15, -0.1) is 0 Å². The number of sulfonamides is 1. The number of hydrogen-bond acceptors (Lipinski definition) is 6. The molecule has 2 heterocycles. The number of anilines is 1. The van der Waals surface area contributed by atoms with Crippen LogP contribution in [0.3, 0.4) is 0 Å². The average molecular weight is 286 g/mol. The summed E-state index contributed by atoms with van der Waals surface area (Å²) >= 11 is 0. The van der Waals surface area contributed by atoms with Gasteiger partial charge in [-0.25, -0.2) is 13.2 Å². The molecule has 0 bridgehead atoms. The van der Waals surface area contributed by atoms with E-state index in [-0.39, 0.29) is 27.9 Å². The summed E-state index contributed by atoms with van der Waals surface area (Å²) in [5.74, 6) is -1.23. The largest absolute Gasteiger partial charge is 0.477 e. The number of nitrogens with one attached hydrogen (secondary N) is 2. The summed E-state index contributed by atoms with van der Waals surface area (Å²) in [6.45, 7) is 2.94. The lowest BCUT2D eigenvalue weighted by Gasteiger charge is -2.03. The van der Waals surface area contributed by atoms with Crippen LogP contribution in [-0.2, 0) is 10.0 Å². The molecule has 0 aliphatic carbocycles. The molecule has 0 radical (unpaired) electrons. The maximum Gasteiger partial charge on any atom is 0.353 e. The van der Waals surface area contributed by atoms with Gasteiger partial charge in [-0.3, -0.25) is 9.82 Å². The average Bonchev–Trinajstić information content (AvgIpc) is 2.85. The lowest BCUT2D eigenvalue weighted by molar-refractivity contribution is 0.0690. The van der Waals surface area contributed by atoms with Gasteiger partial charge in [-0.1, -0.05) is 5.16 Å². The zero-order valence-electron chi connectivity index (χ0n) is 9.96. The van der Waals surface area contributed by atoms with Crippen LogP contribution in [0.4, 0.5) is 5.82 Å². The molecule has 2 rings (SSSR count). The van der Waals surface area contributed by atoms with Crippen LogP contribution >= 0.6 is 0 Å². The number of hydrogen-bond donors (Lipinski definition) is 3. The number of nitrogens with zero attached hydrogens (tertiary/aromatic N) is 2. The number of rotatable bonds is 4. The van der Waals surface area contributed by atoms with E-state index in [9.17, 15) is 13.2 Å². The van der Waals surface area contributed by atoms with E-state index in [0.717, 1.165) is 6.07 Å². The number of H-pyrrole nitrogens is 1. The highest BCUT2D eigenvalue weighted by Gasteiger charge is 2.25. The van der Waals surface area contributed by atoms with Gasteiger partial charge in [0.05, 0.1) is 0 Å². The molecule has 0 atom stereocenters. The van der Waals surface area contributed by atoms with Gasteiger partial charge >= 0.3 is 5.97 Å². The number of carboxylic acids is 1. The van der Waals surface area contributed by atoms with Crippen molar-refractivity contribution in [3.05, 3.63) is 23.2 Å². The summed E-state index contributed by atoms with van der Waals surface area (Å²) in [4.78, 5) is 10.6. The van der Waals surface area contributed by atoms with Crippen molar-refractivity contribution in [1.29, 1.82) is 0 Å². The Balaban J connectivity index is 2.34. The summed E-state index contributed by atoms with van der Waals surface area (Å²) in [6, 6.07) is 1.07. The fourth-order valence-corrected chi connectivity index (χ4v) is 2.85. The Morgan fingerprint density at radius 1 is 1.47 bits per heavy atom. The number of aromatic nitrogens is 3. The molecule has 0 saturated carbocycles. The predicted octanol–water partition coefficient (Wildman–Crippen LogP) is 0.514. The topological polar surface area (TPSA) is 138 Å². The molecule has 2 aromatic heterocycles. The van der Waals surface area contributed by atoms with Gasteiger partial charge in [0.2, 0.25) is 0 Å². The van der Waals surface area contributed by atoms with Gasteiger partial charge in [0.25, 0.3) is 10.0 Å². The van der Waals surface area contributed by atoms with Gasteiger partial charge in [0, 0.05) is 6.07 Å². The van der Waals surface area contributed by atoms with E-state index in [1.165, 1.54) is 13.8 Å². The maximum absolute atomic E-state index is 12.1. The second-order valence-corrected chi connectivity index (χ2v) is 5.35. The lowest BCUT2D eigenvalue weighted by atomic mass is 10.4. The van der Waals surface area contributed by atoms with E-state index in [1.54, 1.807) is 0 Å². The first-order valence-electron chi connectivity index (χ1n) is 5.05. The van der Waals surface area contributed by atoms with Crippen LogP contribution in [0.25, 0.3) is 0 Å². The van der Waals surface area contributed by atoms with Crippen LogP contribution in [0.2, 0.25) is 0 Å². The molecule has 0 amide bonds. The van der Waals surface area contributed by atoms with Crippen LogP contribution in [0.5, 0.6) is 0 Å². The number of aryl methyl sites for hydroxylation is 2. The third-order valence-corrected chi connectivity index (χ3v) is 3.88. The first-order valence-corrected chi connectivity index (χ1v) is 6.54. The van der Waals surface area contributed by atoms with Crippen molar-refractivity contribution < 1.29 is 22.8 Å². The van der Waals surface area contributed by atoms with E-state index in [1.807, 2.05) is 0 Å². The fraction of sp³-hybridized carbons (Fsp3) is 0.222. The van der Waals surface area contributed by atoms with Gasteiger partial charge < -0.3 is 9.63 Å². The molecule has 9 nitrogen and oxygen atoms in total. The minimum absolute atomic E-state index is 0.0904. The Hall–Kier alpha value is -2.36. The first-order chi connectivity index (χ1) is 8.81. The molecule has 0 fully saturated rings. The molecule has 102 valence electrons. The van der Waals surface area contributed by atoms with E-state index in [4.69, 9.17) is 9.63 Å². The summed E-state index contributed by atoms with van der Waals surface area (Å²) in [7, 11) is -3.93. The quantitative estimate of drug-likeness (QED) is 0.744. The molecular formula is C9H10N4O5S. The normalized spacial score (nSPS) is 11.5. The molecule has 0 unspecified atom stereocenters. The van der Waals surface area contributed by atoms with Gasteiger partial charge in [-0.2, -0.15) is 5.10 Å². The summed E-state index contributed by atoms with van der Waals surface area (Å²) < 4.78 is 31.1. The molecule has 0 aliphatic rings. The van der Waals surface area contributed by atoms with Gasteiger partial charge in [0.1, 0.15) is 11.4 Å². The summed E-state index contributed by atoms with van der Waals surface area (Å²) in [6.07, 6.45) is 0. The van der Waals surface area contributed by atoms with Crippen LogP contribution in [0, 0.1) is 13.8 Å². The molecular weight excluding hydrogens is 276 g/mol. The molecule has 0 aromatic carbocycles. The van der Waals surface area contributed by atoms with E-state index < -0.39 is 16.0 Å². The smallest absolute Gasteiger partial charge is 0.353 e. The predicted molar refractivity (Wildman–Crippen MR) is 62.3 cm³/mol. The van der Waals surface area contributed by atoms with E-state index in [0.29, 0.717) is 0 Å². The minimum Gasteiger partial charge on any atom is -0.477 e. The van der Waals surface area contributed by atoms with E-state index in [2.05, 4.69) is 20.1 Å². The molecule has 0 aliphatic heterocycles. The fourth-order valence-electron chi connectivity index (χ4n) is 1.53. The third-order valence-electron chi connectivity index (χ3n) is 2.28. The lowest BCUT2D eigenvalue weighted by Crippen LogP contribution is -2.14. The van der Waals surface area contributed by atoms with Crippen molar-refractivity contribution in [2.24, 2.45) is 0 Å². The van der Waals surface area contributed by atoms with Gasteiger partial charge in [0.15, 0.2) is 16.5 Å². The molecule has 0 spiro atoms. The van der Waals surface area contributed by atoms with E-state index >= 15 is 0 Å². The highest BCUT2D eigenvalue weighted by atomic mass is 32.2. The Kier molecular flexibility index (Phi) is 3.02. The van der Waals surface area contributed by atoms with Crippen molar-refractivity contribution in [1.82, 2.24) is 15.4 Å². The molecule has 2 aromatic rings. The minimum atomic E-state index is -3.93. The molecule has 10 heteroatoms. The van der Waals surface area contributed by atoms with Crippen molar-refractivity contribution >= 4 is 21.8 Å². The van der Waals surface area contributed by atoms with Crippen LogP contribution in [0.15, 0.2) is 15.5 Å². The molecule has 3 N–H and O–H groups in total. The third kappa shape index (κ3) is 2.42. The highest BCUT2D eigenvalue weighted by molar-refractivity contribution is 7.92. The Labute approximate surface area is 107 Å². The maximum atomic E-state index is 12.1. The summed E-state index contributed by atoms with van der Waals surface area (Å²) in [5, 5.41) is 18.0. The zero-order valence-corrected chi connectivity index (χ0v) is 10.8. The molecule has 19 heavy (non-hydrogen) atoms. The van der Waals surface area contributed by atoms with Crippen LogP contribution < -0.4 is 4.72 Å². The van der Waals surface area contributed by atoms with Gasteiger partial charge in [-0.05, 0) is 13.8 Å². The number of carbonyl (C=O) groups is 1. The number of aromatic amines is 1. The van der Waals surface area contributed by atoms with Crippen LogP contribution in [0.1, 0.15) is 21.9 Å². The summed E-state index contributed by atoms with van der Waals surface area (Å²) in [5.41, 5.74) is -0.0181. The van der Waals surface area contributed by atoms with Crippen molar-refractivity contribution in [3.8, 4) is 0 Å². The highest BCUT2D eigenvalue weighted by Crippen LogP contribution is 2.21. The second-order valence-electron chi connectivity index (χ2n) is 3.73. The second kappa shape index (κ2) is 4.39. The zero-order chi connectivity index (χ0) is 14.2. The van der Waals surface area contributed by atoms with Crippen molar-refractivity contribution in [3.63, 3.8) is 0 Å². The monoisotopic (exact) mass is 286 g/mol. The van der Waals surface area contributed by atoms with Crippen molar-refractivity contribution in [2.45, 2.75) is 18.7 Å². The first kappa shape index (κ1) is 13.1. The number of aromatic carboxylic acids is 1. The Morgan fingerprint density at radius 2 is 2.16 bits per heavy atom.